The second kappa shape index (κ2) is 6.81. The molecule has 2 N–H and O–H groups in total. The van der Waals surface area contributed by atoms with Crippen molar-refractivity contribution < 1.29 is 9.21 Å². The Kier molecular flexibility index (Phi) is 4.57. The van der Waals surface area contributed by atoms with Crippen LogP contribution in [0.15, 0.2) is 57.7 Å². The van der Waals surface area contributed by atoms with Crippen LogP contribution in [0.25, 0.3) is 11.0 Å². The van der Waals surface area contributed by atoms with Crippen LogP contribution in [0.5, 0.6) is 0 Å². The minimum absolute atomic E-state index is 0.116. The first-order valence-corrected chi connectivity index (χ1v) is 8.27. The largest absolute Gasteiger partial charge is 0.422 e. The van der Waals surface area contributed by atoms with E-state index in [2.05, 4.69) is 18.7 Å². The lowest BCUT2D eigenvalue weighted by Crippen LogP contribution is -2.22. The Morgan fingerprint density at radius 2 is 1.68 bits per heavy atom. The summed E-state index contributed by atoms with van der Waals surface area (Å²) in [5.74, 6) is -0.428. The number of carbonyl (C=O) groups excluding carboxylic acids is 1. The molecule has 25 heavy (non-hydrogen) atoms. The fourth-order valence-corrected chi connectivity index (χ4v) is 2.95. The van der Waals surface area contributed by atoms with E-state index in [4.69, 9.17) is 10.2 Å². The summed E-state index contributed by atoms with van der Waals surface area (Å²) in [6.45, 7) is 5.91. The van der Waals surface area contributed by atoms with Gasteiger partial charge >= 0.3 is 5.63 Å². The highest BCUT2D eigenvalue weighted by atomic mass is 16.4. The van der Waals surface area contributed by atoms with Crippen LogP contribution in [0.4, 0.5) is 11.4 Å². The smallest absolute Gasteiger partial charge is 0.349 e. The Labute approximate surface area is 145 Å². The Morgan fingerprint density at radius 3 is 2.32 bits per heavy atom. The predicted octanol–water partition coefficient (Wildman–Crippen LogP) is 3.45. The fraction of sp³-hybridized carbons (Fsp3) is 0.200. The number of rotatable bonds is 5. The molecule has 2 aromatic carbocycles. The average molecular weight is 336 g/mol. The third-order valence-electron chi connectivity index (χ3n) is 4.34. The van der Waals surface area contributed by atoms with E-state index >= 15 is 0 Å². The highest BCUT2D eigenvalue weighted by molar-refractivity contribution is 6.14. The predicted molar refractivity (Wildman–Crippen MR) is 100 cm³/mol. The maximum atomic E-state index is 12.8. The monoisotopic (exact) mass is 336 g/mol. The molecule has 0 unspecified atom stereocenters. The number of benzene rings is 2. The van der Waals surface area contributed by atoms with Crippen molar-refractivity contribution in [3.05, 3.63) is 70.1 Å². The molecule has 0 radical (unpaired) electrons. The lowest BCUT2D eigenvalue weighted by atomic mass is 10.0. The van der Waals surface area contributed by atoms with Crippen molar-refractivity contribution in [3.8, 4) is 0 Å². The van der Waals surface area contributed by atoms with Crippen LogP contribution in [0.2, 0.25) is 0 Å². The van der Waals surface area contributed by atoms with Crippen molar-refractivity contribution >= 4 is 28.1 Å². The number of nitrogens with zero attached hydrogens (tertiary/aromatic N) is 1. The molecule has 3 aromatic rings. The van der Waals surface area contributed by atoms with Crippen molar-refractivity contribution in [2.45, 2.75) is 13.8 Å². The van der Waals surface area contributed by atoms with Gasteiger partial charge in [-0.15, -0.1) is 0 Å². The van der Waals surface area contributed by atoms with Crippen LogP contribution in [-0.2, 0) is 0 Å². The normalized spacial score (nSPS) is 10.8. The fourth-order valence-electron chi connectivity index (χ4n) is 2.95. The van der Waals surface area contributed by atoms with Crippen LogP contribution in [0, 0.1) is 0 Å². The van der Waals surface area contributed by atoms with Crippen LogP contribution in [-0.4, -0.2) is 18.9 Å². The number of carbonyl (C=O) groups is 1. The first kappa shape index (κ1) is 16.8. The van der Waals surface area contributed by atoms with Gasteiger partial charge in [0.15, 0.2) is 0 Å². The van der Waals surface area contributed by atoms with E-state index in [9.17, 15) is 9.59 Å². The standard InChI is InChI=1S/C20H20N2O3/c1-3-22(4-2)14-11-9-13(10-12-14)19(23)17-18(21)15-7-5-6-8-16(15)25-20(17)24/h5-12H,3-4,21H2,1-2H3. The maximum absolute atomic E-state index is 12.8. The summed E-state index contributed by atoms with van der Waals surface area (Å²) in [4.78, 5) is 27.2. The van der Waals surface area contributed by atoms with Gasteiger partial charge in [0.25, 0.3) is 0 Å². The Hall–Kier alpha value is -3.08. The Bertz CT molecular complexity index is 970. The quantitative estimate of drug-likeness (QED) is 0.570. The molecule has 0 bridgehead atoms. The van der Waals surface area contributed by atoms with Gasteiger partial charge < -0.3 is 15.1 Å². The molecule has 0 amide bonds. The van der Waals surface area contributed by atoms with E-state index in [1.807, 2.05) is 12.1 Å². The van der Waals surface area contributed by atoms with E-state index < -0.39 is 11.4 Å². The van der Waals surface area contributed by atoms with E-state index in [-0.39, 0.29) is 11.3 Å². The molecule has 0 aliphatic rings. The van der Waals surface area contributed by atoms with E-state index in [0.717, 1.165) is 18.8 Å². The topological polar surface area (TPSA) is 76.5 Å². The third-order valence-corrected chi connectivity index (χ3v) is 4.34. The molecule has 0 fully saturated rings. The molecule has 0 saturated heterocycles. The van der Waals surface area contributed by atoms with Crippen LogP contribution in [0.1, 0.15) is 29.8 Å². The summed E-state index contributed by atoms with van der Waals surface area (Å²) in [6.07, 6.45) is 0. The molecule has 1 aromatic heterocycles. The minimum Gasteiger partial charge on any atom is -0.422 e. The molecular formula is C20H20N2O3. The first-order chi connectivity index (χ1) is 12.1. The molecule has 5 nitrogen and oxygen atoms in total. The number of ketones is 1. The average Bonchev–Trinajstić information content (AvgIpc) is 2.63. The number of para-hydroxylation sites is 1. The molecule has 0 atom stereocenters. The number of nitrogen functional groups attached to an aromatic ring is 1. The van der Waals surface area contributed by atoms with Crippen molar-refractivity contribution in [1.82, 2.24) is 0 Å². The highest BCUT2D eigenvalue weighted by Crippen LogP contribution is 2.24. The summed E-state index contributed by atoms with van der Waals surface area (Å²) in [5, 5.41) is 0.560. The van der Waals surface area contributed by atoms with Gasteiger partial charge in [0.05, 0.1) is 5.69 Å². The van der Waals surface area contributed by atoms with Gasteiger partial charge in [-0.1, -0.05) is 12.1 Å². The van der Waals surface area contributed by atoms with Gasteiger partial charge in [-0.2, -0.15) is 0 Å². The highest BCUT2D eigenvalue weighted by Gasteiger charge is 2.20. The molecule has 0 aliphatic carbocycles. The molecular weight excluding hydrogens is 316 g/mol. The molecule has 128 valence electrons. The number of nitrogens with two attached hydrogens (primary N) is 1. The van der Waals surface area contributed by atoms with Crippen LogP contribution >= 0.6 is 0 Å². The summed E-state index contributed by atoms with van der Waals surface area (Å²) >= 11 is 0. The number of hydrogen-bond donors (Lipinski definition) is 1. The number of fused-ring (bicyclic) bond motifs is 1. The van der Waals surface area contributed by atoms with Gasteiger partial charge in [0, 0.05) is 29.7 Å². The van der Waals surface area contributed by atoms with Crippen LogP contribution in [0.3, 0.4) is 0 Å². The lowest BCUT2D eigenvalue weighted by molar-refractivity contribution is 0.103. The molecule has 5 heteroatoms. The van der Waals surface area contributed by atoms with E-state index in [1.165, 1.54) is 0 Å². The zero-order valence-electron chi connectivity index (χ0n) is 14.3. The van der Waals surface area contributed by atoms with Crippen LogP contribution < -0.4 is 16.3 Å². The maximum Gasteiger partial charge on any atom is 0.349 e. The minimum atomic E-state index is -0.714. The van der Waals surface area contributed by atoms with Crippen molar-refractivity contribution in [2.24, 2.45) is 0 Å². The zero-order chi connectivity index (χ0) is 18.0. The van der Waals surface area contributed by atoms with Crippen molar-refractivity contribution in [3.63, 3.8) is 0 Å². The van der Waals surface area contributed by atoms with E-state index in [1.54, 1.807) is 36.4 Å². The van der Waals surface area contributed by atoms with Gasteiger partial charge in [-0.3, -0.25) is 4.79 Å². The zero-order valence-corrected chi connectivity index (χ0v) is 14.3. The summed E-state index contributed by atoms with van der Waals surface area (Å²) < 4.78 is 5.25. The molecule has 0 aliphatic heterocycles. The van der Waals surface area contributed by atoms with Gasteiger partial charge in [0.1, 0.15) is 11.1 Å². The Morgan fingerprint density at radius 1 is 1.04 bits per heavy atom. The summed E-state index contributed by atoms with van der Waals surface area (Å²) in [6, 6.07) is 14.1. The lowest BCUT2D eigenvalue weighted by Gasteiger charge is -2.21. The summed E-state index contributed by atoms with van der Waals surface area (Å²) in [5.41, 5.74) is 7.23. The molecule has 0 saturated carbocycles. The van der Waals surface area contributed by atoms with Crippen molar-refractivity contribution in [2.75, 3.05) is 23.7 Å². The molecule has 0 spiro atoms. The molecule has 1 heterocycles. The second-order valence-corrected chi connectivity index (χ2v) is 5.72. The van der Waals surface area contributed by atoms with Crippen molar-refractivity contribution in [1.29, 1.82) is 0 Å². The third kappa shape index (κ3) is 3.01. The SMILES string of the molecule is CCN(CC)c1ccc(C(=O)c2c(N)c3ccccc3oc2=O)cc1. The Balaban J connectivity index is 2.04. The number of hydrogen-bond acceptors (Lipinski definition) is 5. The number of anilines is 2. The first-order valence-electron chi connectivity index (χ1n) is 8.27. The van der Waals surface area contributed by atoms with Gasteiger partial charge in [0.2, 0.25) is 5.78 Å². The van der Waals surface area contributed by atoms with Gasteiger partial charge in [-0.25, -0.2) is 4.79 Å². The van der Waals surface area contributed by atoms with E-state index in [0.29, 0.717) is 16.5 Å². The van der Waals surface area contributed by atoms with Gasteiger partial charge in [-0.05, 0) is 50.2 Å². The molecule has 3 rings (SSSR count). The summed E-state index contributed by atoms with van der Waals surface area (Å²) in [7, 11) is 0. The second-order valence-electron chi connectivity index (χ2n) is 5.72.